The fourth-order valence-corrected chi connectivity index (χ4v) is 2.17. The summed E-state index contributed by atoms with van der Waals surface area (Å²) in [6, 6.07) is 13.0. The summed E-state index contributed by atoms with van der Waals surface area (Å²) in [7, 11) is 1.64. The maximum absolute atomic E-state index is 6.00. The van der Waals surface area contributed by atoms with Crippen LogP contribution in [0.1, 0.15) is 5.56 Å². The number of methoxy groups -OCH3 is 1. The van der Waals surface area contributed by atoms with Gasteiger partial charge in [-0.2, -0.15) is 0 Å². The summed E-state index contributed by atoms with van der Waals surface area (Å²) in [6.45, 7) is 0.430. The average molecular weight is 289 g/mol. The summed E-state index contributed by atoms with van der Waals surface area (Å²) in [4.78, 5) is 0. The first-order valence-electron chi connectivity index (χ1n) is 6.19. The molecule has 0 saturated carbocycles. The van der Waals surface area contributed by atoms with Crippen molar-refractivity contribution in [3.8, 4) is 11.5 Å². The van der Waals surface area contributed by atoms with Crippen molar-refractivity contribution in [2.45, 2.75) is 6.61 Å². The number of halogens is 1. The second kappa shape index (κ2) is 5.47. The molecule has 1 aromatic heterocycles. The van der Waals surface area contributed by atoms with Crippen LogP contribution in [-0.4, -0.2) is 7.11 Å². The van der Waals surface area contributed by atoms with Crippen molar-refractivity contribution >= 4 is 22.6 Å². The van der Waals surface area contributed by atoms with Crippen molar-refractivity contribution in [3.63, 3.8) is 0 Å². The normalized spacial score (nSPS) is 10.7. The lowest BCUT2D eigenvalue weighted by Crippen LogP contribution is -1.94. The van der Waals surface area contributed by atoms with Gasteiger partial charge in [0.05, 0.1) is 13.4 Å². The standard InChI is InChI=1S/C16H13ClO3/c1-18-13-3-5-14(6-4-13)19-9-11-10-20-16-7-2-12(17)8-15(11)16/h2-8,10H,9H2,1H3. The van der Waals surface area contributed by atoms with Gasteiger partial charge in [-0.25, -0.2) is 0 Å². The average Bonchev–Trinajstić information content (AvgIpc) is 2.88. The topological polar surface area (TPSA) is 31.6 Å². The number of rotatable bonds is 4. The minimum atomic E-state index is 0.430. The summed E-state index contributed by atoms with van der Waals surface area (Å²) in [5.74, 6) is 1.58. The van der Waals surface area contributed by atoms with Crippen LogP contribution in [0.2, 0.25) is 5.02 Å². The van der Waals surface area contributed by atoms with E-state index in [1.807, 2.05) is 42.5 Å². The van der Waals surface area contributed by atoms with Crippen molar-refractivity contribution in [1.82, 2.24) is 0 Å². The Labute approximate surface area is 121 Å². The second-order valence-corrected chi connectivity index (χ2v) is 4.80. The van der Waals surface area contributed by atoms with Crippen LogP contribution in [0.5, 0.6) is 11.5 Å². The summed E-state index contributed by atoms with van der Waals surface area (Å²) >= 11 is 6.00. The van der Waals surface area contributed by atoms with E-state index in [2.05, 4.69) is 0 Å². The van der Waals surface area contributed by atoms with Gasteiger partial charge in [0.25, 0.3) is 0 Å². The molecule has 3 rings (SSSR count). The van der Waals surface area contributed by atoms with E-state index in [4.69, 9.17) is 25.5 Å². The Morgan fingerprint density at radius 2 is 1.80 bits per heavy atom. The van der Waals surface area contributed by atoms with Crippen molar-refractivity contribution in [2.75, 3.05) is 7.11 Å². The van der Waals surface area contributed by atoms with Gasteiger partial charge in [0.2, 0.25) is 0 Å². The zero-order valence-corrected chi connectivity index (χ0v) is 11.7. The number of hydrogen-bond donors (Lipinski definition) is 0. The van der Waals surface area contributed by atoms with E-state index in [9.17, 15) is 0 Å². The molecular formula is C16H13ClO3. The fourth-order valence-electron chi connectivity index (χ4n) is 2.00. The van der Waals surface area contributed by atoms with Gasteiger partial charge in [-0.05, 0) is 42.5 Å². The van der Waals surface area contributed by atoms with Crippen LogP contribution in [0.15, 0.2) is 53.1 Å². The summed E-state index contributed by atoms with van der Waals surface area (Å²) in [5, 5.41) is 1.66. The van der Waals surface area contributed by atoms with Gasteiger partial charge < -0.3 is 13.9 Å². The lowest BCUT2D eigenvalue weighted by atomic mass is 10.2. The largest absolute Gasteiger partial charge is 0.497 e. The Bertz CT molecular complexity index is 716. The monoisotopic (exact) mass is 288 g/mol. The van der Waals surface area contributed by atoms with Crippen molar-refractivity contribution < 1.29 is 13.9 Å². The van der Waals surface area contributed by atoms with Crippen molar-refractivity contribution in [2.24, 2.45) is 0 Å². The van der Waals surface area contributed by atoms with Crippen molar-refractivity contribution in [3.05, 3.63) is 59.3 Å². The molecule has 4 heteroatoms. The molecule has 20 heavy (non-hydrogen) atoms. The molecular weight excluding hydrogens is 276 g/mol. The molecule has 0 amide bonds. The van der Waals surface area contributed by atoms with Gasteiger partial charge in [-0.15, -0.1) is 0 Å². The Kier molecular flexibility index (Phi) is 3.52. The minimum absolute atomic E-state index is 0.430. The maximum Gasteiger partial charge on any atom is 0.134 e. The highest BCUT2D eigenvalue weighted by Crippen LogP contribution is 2.26. The first-order valence-corrected chi connectivity index (χ1v) is 6.56. The van der Waals surface area contributed by atoms with Crippen LogP contribution in [0, 0.1) is 0 Å². The third-order valence-electron chi connectivity index (χ3n) is 3.07. The Hall–Kier alpha value is -2.13. The lowest BCUT2D eigenvalue weighted by molar-refractivity contribution is 0.305. The van der Waals surface area contributed by atoms with E-state index in [-0.39, 0.29) is 0 Å². The van der Waals surface area contributed by atoms with Gasteiger partial charge in [0.1, 0.15) is 23.7 Å². The number of benzene rings is 2. The molecule has 0 spiro atoms. The quantitative estimate of drug-likeness (QED) is 0.699. The summed E-state index contributed by atoms with van der Waals surface area (Å²) in [6.07, 6.45) is 1.70. The molecule has 0 saturated heterocycles. The molecule has 2 aromatic carbocycles. The van der Waals surface area contributed by atoms with Crippen molar-refractivity contribution in [1.29, 1.82) is 0 Å². The van der Waals surface area contributed by atoms with E-state index in [0.29, 0.717) is 11.6 Å². The molecule has 0 fully saturated rings. The fraction of sp³-hybridized carbons (Fsp3) is 0.125. The highest BCUT2D eigenvalue weighted by atomic mass is 35.5. The smallest absolute Gasteiger partial charge is 0.134 e. The highest BCUT2D eigenvalue weighted by Gasteiger charge is 2.07. The van der Waals surface area contributed by atoms with Gasteiger partial charge in [0, 0.05) is 16.0 Å². The van der Waals surface area contributed by atoms with Gasteiger partial charge in [0.15, 0.2) is 0 Å². The molecule has 3 aromatic rings. The molecule has 0 aliphatic carbocycles. The van der Waals surface area contributed by atoms with E-state index < -0.39 is 0 Å². The molecule has 1 heterocycles. The molecule has 0 aliphatic rings. The molecule has 3 nitrogen and oxygen atoms in total. The lowest BCUT2D eigenvalue weighted by Gasteiger charge is -2.06. The Morgan fingerprint density at radius 3 is 2.55 bits per heavy atom. The van der Waals surface area contributed by atoms with Gasteiger partial charge in [-0.3, -0.25) is 0 Å². The molecule has 0 bridgehead atoms. The van der Waals surface area contributed by atoms with Crippen LogP contribution < -0.4 is 9.47 Å². The zero-order chi connectivity index (χ0) is 13.9. The number of fused-ring (bicyclic) bond motifs is 1. The molecule has 0 unspecified atom stereocenters. The van der Waals surface area contributed by atoms with Crippen LogP contribution in [0.3, 0.4) is 0 Å². The Morgan fingerprint density at radius 1 is 1.05 bits per heavy atom. The number of ether oxygens (including phenoxy) is 2. The SMILES string of the molecule is COc1ccc(OCc2coc3ccc(Cl)cc23)cc1. The molecule has 0 radical (unpaired) electrons. The third kappa shape index (κ3) is 2.58. The second-order valence-electron chi connectivity index (χ2n) is 4.37. The predicted octanol–water partition coefficient (Wildman–Crippen LogP) is 4.67. The Balaban J connectivity index is 1.77. The molecule has 0 atom stereocenters. The summed E-state index contributed by atoms with van der Waals surface area (Å²) < 4.78 is 16.3. The number of hydrogen-bond acceptors (Lipinski definition) is 3. The molecule has 0 aliphatic heterocycles. The predicted molar refractivity (Wildman–Crippen MR) is 78.6 cm³/mol. The van der Waals surface area contributed by atoms with E-state index in [1.54, 1.807) is 13.4 Å². The number of furan rings is 1. The molecule has 102 valence electrons. The minimum Gasteiger partial charge on any atom is -0.497 e. The third-order valence-corrected chi connectivity index (χ3v) is 3.30. The maximum atomic E-state index is 6.00. The first kappa shape index (κ1) is 12.9. The van der Waals surface area contributed by atoms with Crippen LogP contribution in [0.25, 0.3) is 11.0 Å². The highest BCUT2D eigenvalue weighted by molar-refractivity contribution is 6.31. The van der Waals surface area contributed by atoms with Gasteiger partial charge >= 0.3 is 0 Å². The summed E-state index contributed by atoms with van der Waals surface area (Å²) in [5.41, 5.74) is 1.78. The molecule has 0 N–H and O–H groups in total. The van der Waals surface area contributed by atoms with E-state index in [1.165, 1.54) is 0 Å². The van der Waals surface area contributed by atoms with Gasteiger partial charge in [-0.1, -0.05) is 11.6 Å². The van der Waals surface area contributed by atoms with Crippen LogP contribution >= 0.6 is 11.6 Å². The zero-order valence-electron chi connectivity index (χ0n) is 10.9. The van der Waals surface area contributed by atoms with E-state index >= 15 is 0 Å². The van der Waals surface area contributed by atoms with E-state index in [0.717, 1.165) is 28.0 Å². The van der Waals surface area contributed by atoms with Crippen LogP contribution in [-0.2, 0) is 6.61 Å². The van der Waals surface area contributed by atoms with Crippen LogP contribution in [0.4, 0.5) is 0 Å². The first-order chi connectivity index (χ1) is 9.76.